The lowest BCUT2D eigenvalue weighted by Crippen LogP contribution is -2.55. The lowest BCUT2D eigenvalue weighted by molar-refractivity contribution is -0.149. The highest BCUT2D eigenvalue weighted by molar-refractivity contribution is 8.09. The van der Waals surface area contributed by atoms with Crippen LogP contribution >= 0.6 is 27.7 Å². The standard InChI is InChI=1S/C25H30N5O8PS.C25H30N5O7PS.C24H30N3O8PS.C17H26FN2O11P/c1-6-25(34)20(31)18(37-24(25)30-13-26-19-21(30)27-16(5)28-22(19)32)12-35-39(40,38-17-10-8-7-9-11-17)29-15(4)23(33)36-14(2)3;1-5-25(33)21(31)19(36-24(25)30-14-28-20-18(26)11-12-27-22(20)30)13-34-38(39,37-17-9-7-6-8-10-17)29-16(4)23(32)35-15(2)3;1-6-24(31)21(29)19(34-23(24)27-13-12-20(28)25-17(27)5)14-32-36(37,35-18-10-8-7-9-11-18)26-16(4)22(30)33-15(2)3;1-10(2)30-15(23)27-9-29-32(25,26)28-8-17(7-18)13(22)16(4,24)14(31-17)20-6-5-12(21)19-11(20)3/h1,7-11,13-15,18,20,24,31,34H,12H2,2-5H3,(H,29,40)(H,27,28,32);1,6-12,14-16,19,21,24,31,33H,13H2,2-4H3,(H2,26,27)(H,29,39);1,7-13,15-16,19,21,23,29,31H,5,14H2,2-4H3,(H,25,28)(H,26,37);5-6,10,13-14,22,24H,3,7-9H2,1-2,4H3,(H,19,21)(H,25,26)/t15-,18+,20+,24+,25+,39?;16-,19+,21+,24+,25+,38?;16-,19+,21+,23+,24+,36?;13-,14+,16+,17+/m0000/s1. The second-order valence-electron chi connectivity index (χ2n) is 34.8. The Hall–Kier alpha value is -11.0. The van der Waals surface area contributed by atoms with Gasteiger partial charge in [0, 0.05) is 30.7 Å². The number of hydrogen-bond acceptors (Lipinski definition) is 43. The van der Waals surface area contributed by atoms with Crippen molar-refractivity contribution in [3.63, 3.8) is 0 Å². The summed E-state index contributed by atoms with van der Waals surface area (Å²) in [4.78, 5) is 115. The number of nitrogens with zero attached hydrogens (tertiary/aromatic N) is 8. The molecule has 6 aliphatic rings. The van der Waals surface area contributed by atoms with E-state index in [1.807, 2.05) is 0 Å². The molecule has 0 spiro atoms. The number of carbonyl (C=O) groups excluding carboxylic acids is 6. The molecule has 13 rings (SSSR count). The summed E-state index contributed by atoms with van der Waals surface area (Å²) in [6.07, 6.45) is 7.39. The number of nitrogens with two attached hydrogens (primary N) is 1. The number of nitrogen functional groups attached to an aromatic ring is 1. The number of phosphoric ester groups is 1. The number of alkyl halides is 1. The largest absolute Gasteiger partial charge is 0.510 e. The first-order valence-corrected chi connectivity index (χ1v) is 54.4. The SMILES string of the molecule is C#C[C@@]1(O)[C@H](O)[C@@H](COP(=S)(N[C@@H](C)C(=O)OC(C)C)Oc2ccccc2)O[C@H]1N1C=CC(=O)NC1=C.C#C[C@@]1(O)[C@H](O)[C@@H](COP(=S)(N[C@@H](C)C(=O)OC(C)C)Oc2ccccc2)O[C@H]1n1cnc2c(=O)[nH]c(C)nc21.C#C[C@@]1(O)[C@H](O)[C@@H](COP(=S)(N[C@@H](C)C(=O)OC(C)C)Oc2ccccc2)O[C@H]1n1cnc2c(N)ccnc21.C=C1NC(=O)C=CN1[C@@H]1O[C@](CF)(COP(=O)(O)OCOC(=O)OC(C)C)[C@@H](O)[C@@]1(C)O. The van der Waals surface area contributed by atoms with Crippen LogP contribution in [0, 0.1) is 44.0 Å². The number of pyridine rings is 1. The van der Waals surface area contributed by atoms with Gasteiger partial charge in [-0.1, -0.05) is 85.5 Å². The molecule has 0 radical (unpaired) electrons. The third-order valence-corrected chi connectivity index (χ3v) is 30.1. The lowest BCUT2D eigenvalue weighted by Gasteiger charge is -2.37. The number of terminal acetylenes is 3. The van der Waals surface area contributed by atoms with E-state index in [2.05, 4.69) is 95.7 Å². The van der Waals surface area contributed by atoms with Crippen LogP contribution in [0.5, 0.6) is 17.2 Å². The van der Waals surface area contributed by atoms with E-state index in [0.717, 1.165) is 17.9 Å². The van der Waals surface area contributed by atoms with E-state index in [1.165, 1.54) is 51.4 Å². The average Bonchev–Trinajstić information content (AvgIpc) is 1.59. The van der Waals surface area contributed by atoms with Crippen molar-refractivity contribution in [1.29, 1.82) is 0 Å². The number of H-pyrrole nitrogens is 1. The van der Waals surface area contributed by atoms with Gasteiger partial charge in [0.2, 0.25) is 6.79 Å². The second kappa shape index (κ2) is 50.3. The Morgan fingerprint density at radius 3 is 1.30 bits per heavy atom. The number of esters is 3. The summed E-state index contributed by atoms with van der Waals surface area (Å²) in [5.41, 5.74) is -4.37. The highest BCUT2D eigenvalue weighted by atomic mass is 32.5. The molecule has 6 aliphatic heterocycles. The van der Waals surface area contributed by atoms with Gasteiger partial charge in [-0.3, -0.25) is 42.4 Å². The second-order valence-corrected chi connectivity index (χ2v) is 45.7. The number of halogens is 1. The zero-order chi connectivity index (χ0) is 109. The molecule has 10 heterocycles. The van der Waals surface area contributed by atoms with Crippen LogP contribution in [0.15, 0.2) is 170 Å². The predicted molar refractivity (Wildman–Crippen MR) is 535 cm³/mol. The van der Waals surface area contributed by atoms with E-state index in [4.69, 9.17) is 125 Å². The molecule has 804 valence electrons. The first-order valence-electron chi connectivity index (χ1n) is 45.0. The number of rotatable bonds is 39. The summed E-state index contributed by atoms with van der Waals surface area (Å²) >= 11 is 17.1. The molecule has 4 aromatic heterocycles. The average molecular weight is 2200 g/mol. The Morgan fingerprint density at radius 2 is 0.926 bits per heavy atom. The molecular weight excluding hydrogens is 2090 g/mol. The third kappa shape index (κ3) is 29.2. The smallest absolute Gasteiger partial charge is 0.462 e. The van der Waals surface area contributed by atoms with Gasteiger partial charge in [-0.15, -0.1) is 19.3 Å². The first-order chi connectivity index (χ1) is 69.5. The maximum Gasteiger partial charge on any atom is 0.510 e. The van der Waals surface area contributed by atoms with Crippen molar-refractivity contribution in [1.82, 2.24) is 69.7 Å². The Balaban J connectivity index is 0.000000203. The van der Waals surface area contributed by atoms with Crippen LogP contribution < -0.4 is 50.8 Å². The number of benzene rings is 3. The summed E-state index contributed by atoms with van der Waals surface area (Å²) in [5, 5.41) is 101. The van der Waals surface area contributed by atoms with E-state index < -0.39 is 209 Å². The number of aryl methyl sites for hydroxylation is 1. The first kappa shape index (κ1) is 119. The molecule has 3 aromatic carbocycles. The predicted octanol–water partition coefficient (Wildman–Crippen LogP) is 4.52. The number of anilines is 1. The molecule has 4 saturated heterocycles. The van der Waals surface area contributed by atoms with Gasteiger partial charge in [-0.05, 0) is 168 Å². The Labute approximate surface area is 863 Å². The van der Waals surface area contributed by atoms with Crippen molar-refractivity contribution in [2.45, 2.75) is 228 Å². The Bertz CT molecular complexity index is 6380. The number of aliphatic hydroxyl groups is 8. The van der Waals surface area contributed by atoms with Crippen molar-refractivity contribution < 1.29 is 162 Å². The molecule has 57 heteroatoms. The summed E-state index contributed by atoms with van der Waals surface area (Å²) < 4.78 is 122. The van der Waals surface area contributed by atoms with Crippen molar-refractivity contribution in [3.05, 3.63) is 181 Å². The van der Waals surface area contributed by atoms with Crippen molar-refractivity contribution in [2.75, 3.05) is 45.6 Å². The summed E-state index contributed by atoms with van der Waals surface area (Å²) in [5.74, 6) is 5.56. The Morgan fingerprint density at radius 1 is 0.554 bits per heavy atom. The minimum absolute atomic E-state index is 0.000921. The number of hydrogen-bond donors (Lipinski definition) is 16. The molecule has 4 fully saturated rings. The minimum Gasteiger partial charge on any atom is -0.462 e. The molecule has 0 saturated carbocycles. The van der Waals surface area contributed by atoms with Crippen LogP contribution in [0.1, 0.15) is 101 Å². The molecule has 17 N–H and O–H groups in total. The van der Waals surface area contributed by atoms with Crippen LogP contribution in [0.2, 0.25) is 0 Å². The van der Waals surface area contributed by atoms with Gasteiger partial charge in [-0.2, -0.15) is 0 Å². The van der Waals surface area contributed by atoms with Crippen LogP contribution in [0.3, 0.4) is 0 Å². The maximum atomic E-state index is 14.0. The zero-order valence-corrected chi connectivity index (χ0v) is 87.9. The Kier molecular flexibility index (Phi) is 40.4. The molecule has 7 aromatic rings. The zero-order valence-electron chi connectivity index (χ0n) is 81.8. The number of amides is 2. The van der Waals surface area contributed by atoms with Gasteiger partial charge in [0.25, 0.3) is 17.4 Å². The van der Waals surface area contributed by atoms with Gasteiger partial charge in [0.1, 0.15) is 113 Å². The molecule has 2 amide bonds. The van der Waals surface area contributed by atoms with Gasteiger partial charge >= 0.3 is 51.8 Å². The van der Waals surface area contributed by atoms with Crippen LogP contribution in [0.25, 0.3) is 22.3 Å². The highest BCUT2D eigenvalue weighted by Crippen LogP contribution is 2.53. The quantitative estimate of drug-likeness (QED) is 0.00827. The van der Waals surface area contributed by atoms with Gasteiger partial charge in [0.15, 0.2) is 64.1 Å². The number of phosphoric acid groups is 1. The molecule has 23 atom stereocenters. The summed E-state index contributed by atoms with van der Waals surface area (Å²) in [7, 11) is -4.91. The topological polar surface area (TPSA) is 645 Å². The van der Waals surface area contributed by atoms with Gasteiger partial charge in [0.05, 0.1) is 69.2 Å². The number of aliphatic hydroxyl groups excluding tert-OH is 4. The maximum absolute atomic E-state index is 14.0. The number of aromatic amines is 1. The number of carbonyl (C=O) groups is 6. The lowest BCUT2D eigenvalue weighted by atomic mass is 9.88. The molecule has 49 nitrogen and oxygen atoms in total. The van der Waals surface area contributed by atoms with E-state index in [9.17, 15) is 88.3 Å². The van der Waals surface area contributed by atoms with E-state index in [-0.39, 0.29) is 60.9 Å². The molecular formula is C91H116FN15O34P4S3. The van der Waals surface area contributed by atoms with Crippen molar-refractivity contribution >= 4 is 127 Å². The van der Waals surface area contributed by atoms with Gasteiger partial charge < -0.3 is 147 Å². The van der Waals surface area contributed by atoms with E-state index >= 15 is 0 Å². The number of para-hydroxylation sites is 3. The van der Waals surface area contributed by atoms with Crippen LogP contribution in [-0.2, 0) is 129 Å². The number of imidazole rings is 2. The fourth-order valence-electron chi connectivity index (χ4n) is 14.5. The summed E-state index contributed by atoms with van der Waals surface area (Å²) in [6.45, 7) is 13.2. The van der Waals surface area contributed by atoms with Crippen LogP contribution in [-0.4, -0.2) is 291 Å². The van der Waals surface area contributed by atoms with Crippen molar-refractivity contribution in [2.24, 2.45) is 0 Å². The highest BCUT2D eigenvalue weighted by Gasteiger charge is 2.65. The molecule has 0 bridgehead atoms. The molecule has 4 unspecified atom stereocenters. The minimum atomic E-state index is -4.91. The fourth-order valence-corrected chi connectivity index (χ4v) is 22.4. The normalized spacial score (nSPS) is 27.3. The third-order valence-electron chi connectivity index (χ3n) is 21.8. The van der Waals surface area contributed by atoms with Crippen LogP contribution in [0.4, 0.5) is 14.9 Å². The number of aromatic nitrogens is 7. The number of nitrogens with one attached hydrogen (secondary N) is 6. The van der Waals surface area contributed by atoms with E-state index in [1.54, 1.807) is 180 Å². The monoisotopic (exact) mass is 2200 g/mol. The van der Waals surface area contributed by atoms with Gasteiger partial charge in [-0.25, -0.2) is 53.5 Å². The number of fused-ring (bicyclic) bond motifs is 2. The summed E-state index contributed by atoms with van der Waals surface area (Å²) in [6, 6.07) is 24.8. The fraction of sp³-hybridized carbons (Fsp3) is 0.462. The van der Waals surface area contributed by atoms with E-state index in [0.29, 0.717) is 39.9 Å². The number of ether oxygens (including phenoxy) is 9. The van der Waals surface area contributed by atoms with Crippen molar-refractivity contribution in [3.8, 4) is 54.3 Å². The molecule has 148 heavy (non-hydrogen) atoms. The molecule has 0 aliphatic carbocycles.